The van der Waals surface area contributed by atoms with Gasteiger partial charge in [-0.1, -0.05) is 53.2 Å². The van der Waals surface area contributed by atoms with E-state index in [2.05, 4.69) is 54.6 Å². The highest BCUT2D eigenvalue weighted by Gasteiger charge is 2.42. The van der Waals surface area contributed by atoms with Crippen molar-refractivity contribution in [1.82, 2.24) is 0 Å². The summed E-state index contributed by atoms with van der Waals surface area (Å²) in [5.74, 6) is 0.195. The molecule has 0 bridgehead atoms. The Morgan fingerprint density at radius 3 is 2.35 bits per heavy atom. The van der Waals surface area contributed by atoms with Crippen molar-refractivity contribution in [3.63, 3.8) is 0 Å². The minimum Gasteiger partial charge on any atom is -0.414 e. The predicted molar refractivity (Wildman–Crippen MR) is 102 cm³/mol. The zero-order valence-electron chi connectivity index (χ0n) is 16.7. The van der Waals surface area contributed by atoms with Crippen LogP contribution in [-0.2, 0) is 9.22 Å². The lowest BCUT2D eigenvalue weighted by Crippen LogP contribution is -2.46. The zero-order chi connectivity index (χ0) is 18.1. The summed E-state index contributed by atoms with van der Waals surface area (Å²) in [6, 6.07) is 0. The topological polar surface area (TPSA) is 26.3 Å². The molecule has 1 aliphatic rings. The number of rotatable bonds is 5. The average molecular weight is 337 g/mol. The first-order chi connectivity index (χ1) is 10.3. The highest BCUT2D eigenvalue weighted by molar-refractivity contribution is 6.74. The minimum atomic E-state index is -1.74. The minimum absolute atomic E-state index is 0.0554. The molecule has 132 valence electrons. The Kier molecular flexibility index (Phi) is 6.25. The standard InChI is InChI=1S/C20H36O2Si/c1-10-16(21)11-12-18-15(2)13-17(14-20(18,6)7)22-23(8,9)19(3,4)5/h11-12,17H,10,13-14H2,1-9H3. The third kappa shape index (κ3) is 5.15. The molecule has 1 atom stereocenters. The Bertz CT molecular complexity index is 504. The monoisotopic (exact) mass is 336 g/mol. The van der Waals surface area contributed by atoms with Crippen LogP contribution in [0.3, 0.4) is 0 Å². The fraction of sp³-hybridized carbons (Fsp3) is 0.750. The van der Waals surface area contributed by atoms with Gasteiger partial charge < -0.3 is 4.43 Å². The summed E-state index contributed by atoms with van der Waals surface area (Å²) in [5, 5.41) is 0.239. The molecule has 0 fully saturated rings. The van der Waals surface area contributed by atoms with Gasteiger partial charge >= 0.3 is 0 Å². The maximum atomic E-state index is 11.6. The van der Waals surface area contributed by atoms with Crippen LogP contribution in [0.1, 0.15) is 67.7 Å². The van der Waals surface area contributed by atoms with E-state index in [4.69, 9.17) is 4.43 Å². The number of allylic oxidation sites excluding steroid dienone is 3. The molecular weight excluding hydrogens is 300 g/mol. The normalized spacial score (nSPS) is 22.7. The molecule has 0 saturated carbocycles. The van der Waals surface area contributed by atoms with Crippen LogP contribution in [-0.4, -0.2) is 20.2 Å². The summed E-state index contributed by atoms with van der Waals surface area (Å²) in [5.41, 5.74) is 2.74. The van der Waals surface area contributed by atoms with Crippen molar-refractivity contribution < 1.29 is 9.22 Å². The largest absolute Gasteiger partial charge is 0.414 e. The second-order valence-electron chi connectivity index (χ2n) is 9.14. The maximum absolute atomic E-state index is 11.6. The average Bonchev–Trinajstić information content (AvgIpc) is 2.34. The molecule has 0 radical (unpaired) electrons. The van der Waals surface area contributed by atoms with Gasteiger partial charge in [0.25, 0.3) is 0 Å². The molecule has 0 spiro atoms. The van der Waals surface area contributed by atoms with Gasteiger partial charge in [-0.3, -0.25) is 4.79 Å². The Hall–Kier alpha value is -0.673. The lowest BCUT2D eigenvalue weighted by molar-refractivity contribution is -0.114. The van der Waals surface area contributed by atoms with Gasteiger partial charge in [-0.2, -0.15) is 0 Å². The van der Waals surface area contributed by atoms with Crippen LogP contribution < -0.4 is 0 Å². The number of carbonyl (C=O) groups excluding carboxylic acids is 1. The van der Waals surface area contributed by atoms with Crippen molar-refractivity contribution in [3.05, 3.63) is 23.3 Å². The second-order valence-corrected chi connectivity index (χ2v) is 13.9. The number of ketones is 1. The third-order valence-electron chi connectivity index (χ3n) is 5.51. The van der Waals surface area contributed by atoms with Crippen molar-refractivity contribution in [2.24, 2.45) is 5.41 Å². The highest BCUT2D eigenvalue weighted by atomic mass is 28.4. The Balaban J connectivity index is 2.98. The molecular formula is C20H36O2Si. The molecule has 0 amide bonds. The predicted octanol–water partition coefficient (Wildman–Crippen LogP) is 6.05. The first-order valence-electron chi connectivity index (χ1n) is 8.89. The Morgan fingerprint density at radius 1 is 1.35 bits per heavy atom. The van der Waals surface area contributed by atoms with Gasteiger partial charge in [0.1, 0.15) is 0 Å². The van der Waals surface area contributed by atoms with E-state index < -0.39 is 8.32 Å². The summed E-state index contributed by atoms with van der Waals surface area (Å²) in [6.07, 6.45) is 6.66. The molecule has 0 heterocycles. The Morgan fingerprint density at radius 2 is 1.91 bits per heavy atom. The molecule has 0 N–H and O–H groups in total. The van der Waals surface area contributed by atoms with Crippen LogP contribution in [0, 0.1) is 5.41 Å². The van der Waals surface area contributed by atoms with E-state index in [0.717, 1.165) is 12.8 Å². The van der Waals surface area contributed by atoms with Gasteiger partial charge in [0.05, 0.1) is 0 Å². The molecule has 1 unspecified atom stereocenters. The van der Waals surface area contributed by atoms with Gasteiger partial charge in [0.15, 0.2) is 14.1 Å². The molecule has 1 aliphatic carbocycles. The van der Waals surface area contributed by atoms with E-state index in [-0.39, 0.29) is 16.2 Å². The molecule has 0 aromatic heterocycles. The van der Waals surface area contributed by atoms with Gasteiger partial charge in [0, 0.05) is 12.5 Å². The fourth-order valence-corrected chi connectivity index (χ4v) is 4.47. The van der Waals surface area contributed by atoms with Gasteiger partial charge in [-0.15, -0.1) is 0 Å². The van der Waals surface area contributed by atoms with E-state index in [0.29, 0.717) is 12.5 Å². The van der Waals surface area contributed by atoms with Crippen molar-refractivity contribution in [2.45, 2.75) is 92.0 Å². The summed E-state index contributed by atoms with van der Waals surface area (Å²) in [4.78, 5) is 11.6. The van der Waals surface area contributed by atoms with Crippen LogP contribution in [0.4, 0.5) is 0 Å². The number of hydrogen-bond donors (Lipinski definition) is 0. The van der Waals surface area contributed by atoms with Crippen LogP contribution in [0.5, 0.6) is 0 Å². The molecule has 2 nitrogen and oxygen atoms in total. The lowest BCUT2D eigenvalue weighted by atomic mass is 9.71. The molecule has 0 aromatic carbocycles. The Labute approximate surface area is 144 Å². The summed E-state index contributed by atoms with van der Waals surface area (Å²) in [6.45, 7) is 20.2. The quantitative estimate of drug-likeness (QED) is 0.451. The number of hydrogen-bond acceptors (Lipinski definition) is 2. The SMILES string of the molecule is CCC(=O)C=CC1=C(C)CC(O[Si](C)(C)C(C)(C)C)CC1(C)C. The van der Waals surface area contributed by atoms with E-state index >= 15 is 0 Å². The van der Waals surface area contributed by atoms with E-state index in [1.54, 1.807) is 6.08 Å². The van der Waals surface area contributed by atoms with Crippen molar-refractivity contribution in [2.75, 3.05) is 0 Å². The molecule has 3 heteroatoms. The maximum Gasteiger partial charge on any atom is 0.192 e. The number of carbonyl (C=O) groups is 1. The smallest absolute Gasteiger partial charge is 0.192 e. The van der Waals surface area contributed by atoms with Crippen LogP contribution in [0.2, 0.25) is 18.1 Å². The zero-order valence-corrected chi connectivity index (χ0v) is 17.7. The van der Waals surface area contributed by atoms with Crippen LogP contribution in [0.15, 0.2) is 23.3 Å². The van der Waals surface area contributed by atoms with Crippen LogP contribution in [0.25, 0.3) is 0 Å². The van der Waals surface area contributed by atoms with Crippen molar-refractivity contribution >= 4 is 14.1 Å². The first kappa shape index (κ1) is 20.4. The molecule has 0 aliphatic heterocycles. The van der Waals surface area contributed by atoms with Gasteiger partial charge in [-0.25, -0.2) is 0 Å². The second kappa shape index (κ2) is 7.06. The molecule has 0 saturated heterocycles. The van der Waals surface area contributed by atoms with E-state index in [9.17, 15) is 4.79 Å². The van der Waals surface area contributed by atoms with Crippen molar-refractivity contribution in [1.29, 1.82) is 0 Å². The first-order valence-corrected chi connectivity index (χ1v) is 11.8. The van der Waals surface area contributed by atoms with E-state index in [1.807, 2.05) is 13.0 Å². The fourth-order valence-electron chi connectivity index (χ4n) is 3.12. The van der Waals surface area contributed by atoms with Crippen LogP contribution >= 0.6 is 0 Å². The van der Waals surface area contributed by atoms with Gasteiger partial charge in [0.2, 0.25) is 0 Å². The summed E-state index contributed by atoms with van der Waals surface area (Å²) >= 11 is 0. The molecule has 23 heavy (non-hydrogen) atoms. The third-order valence-corrected chi connectivity index (χ3v) is 10.0. The lowest BCUT2D eigenvalue weighted by Gasteiger charge is -2.44. The summed E-state index contributed by atoms with van der Waals surface area (Å²) in [7, 11) is -1.74. The van der Waals surface area contributed by atoms with Crippen molar-refractivity contribution in [3.8, 4) is 0 Å². The van der Waals surface area contributed by atoms with E-state index in [1.165, 1.54) is 11.1 Å². The molecule has 0 aromatic rings. The molecule has 1 rings (SSSR count). The summed E-state index contributed by atoms with van der Waals surface area (Å²) < 4.78 is 6.66. The van der Waals surface area contributed by atoms with Gasteiger partial charge in [-0.05, 0) is 55.0 Å². The highest BCUT2D eigenvalue weighted by Crippen LogP contribution is 2.45.